The first-order valence-electron chi connectivity index (χ1n) is 4.18. The van der Waals surface area contributed by atoms with E-state index in [4.69, 9.17) is 17.3 Å². The van der Waals surface area contributed by atoms with Crippen LogP contribution in [0.15, 0.2) is 12.1 Å². The summed E-state index contributed by atoms with van der Waals surface area (Å²) in [4.78, 5) is 0. The van der Waals surface area contributed by atoms with Crippen molar-refractivity contribution in [1.29, 1.82) is 0 Å². The molecule has 8 heteroatoms. The Labute approximate surface area is 105 Å². The molecule has 1 aromatic carbocycles. The van der Waals surface area contributed by atoms with Crippen molar-refractivity contribution >= 4 is 24.0 Å². The molecule has 0 aliphatic heterocycles. The highest BCUT2D eigenvalue weighted by Crippen LogP contribution is 2.32. The van der Waals surface area contributed by atoms with E-state index in [0.717, 1.165) is 12.1 Å². The van der Waals surface area contributed by atoms with Crippen LogP contribution in [-0.2, 0) is 0 Å². The lowest BCUT2D eigenvalue weighted by Gasteiger charge is -2.16. The standard InChI is InChI=1S/C9H7ClF5N.ClH/c10-4-1-2-5(11)7(8(4)12)6(16)3-9(13,14)15;/h1-2,6H,3,16H2;1H/t6-;/m1./s1. The molecule has 1 aromatic rings. The zero-order valence-corrected chi connectivity index (χ0v) is 9.76. The monoisotopic (exact) mass is 295 g/mol. The molecule has 0 saturated heterocycles. The molecule has 1 nitrogen and oxygen atoms in total. The minimum absolute atomic E-state index is 0. The van der Waals surface area contributed by atoms with Crippen LogP contribution in [0, 0.1) is 11.6 Å². The summed E-state index contributed by atoms with van der Waals surface area (Å²) in [5.74, 6) is -2.39. The lowest BCUT2D eigenvalue weighted by Crippen LogP contribution is -2.22. The van der Waals surface area contributed by atoms with Crippen LogP contribution in [0.4, 0.5) is 22.0 Å². The van der Waals surface area contributed by atoms with Gasteiger partial charge in [-0.3, -0.25) is 0 Å². The minimum atomic E-state index is -4.60. The molecule has 1 rings (SSSR count). The van der Waals surface area contributed by atoms with Crippen LogP contribution < -0.4 is 5.73 Å². The van der Waals surface area contributed by atoms with E-state index in [1.165, 1.54) is 0 Å². The molecule has 0 aromatic heterocycles. The first kappa shape index (κ1) is 16.4. The molecule has 2 N–H and O–H groups in total. The van der Waals surface area contributed by atoms with Gasteiger partial charge in [0.2, 0.25) is 0 Å². The fourth-order valence-corrected chi connectivity index (χ4v) is 1.40. The van der Waals surface area contributed by atoms with Gasteiger partial charge in [0.25, 0.3) is 0 Å². The van der Waals surface area contributed by atoms with E-state index in [2.05, 4.69) is 0 Å². The normalized spacial score (nSPS) is 13.1. The van der Waals surface area contributed by atoms with Crippen LogP contribution in [0.5, 0.6) is 0 Å². The van der Waals surface area contributed by atoms with Crippen molar-refractivity contribution in [2.75, 3.05) is 0 Å². The van der Waals surface area contributed by atoms with E-state index in [1.54, 1.807) is 0 Å². The molecule has 1 atom stereocenters. The highest BCUT2D eigenvalue weighted by molar-refractivity contribution is 6.30. The Morgan fingerprint density at radius 2 is 1.76 bits per heavy atom. The van der Waals surface area contributed by atoms with E-state index in [1.807, 2.05) is 0 Å². The predicted octanol–water partition coefficient (Wildman–Crippen LogP) is 3.99. The number of hydrogen-bond donors (Lipinski definition) is 1. The molecule has 17 heavy (non-hydrogen) atoms. The maximum atomic E-state index is 13.3. The molecule has 0 aliphatic rings. The Bertz CT molecular complexity index is 394. The van der Waals surface area contributed by atoms with Gasteiger partial charge in [-0.05, 0) is 12.1 Å². The highest BCUT2D eigenvalue weighted by atomic mass is 35.5. The summed E-state index contributed by atoms with van der Waals surface area (Å²) in [5.41, 5.74) is 4.25. The van der Waals surface area contributed by atoms with Gasteiger partial charge in [0, 0.05) is 11.6 Å². The molecular weight excluding hydrogens is 288 g/mol. The number of halogens is 7. The summed E-state index contributed by atoms with van der Waals surface area (Å²) >= 11 is 5.32. The number of rotatable bonds is 2. The third-order valence-corrected chi connectivity index (χ3v) is 2.19. The second-order valence-electron chi connectivity index (χ2n) is 3.18. The molecule has 0 saturated carbocycles. The van der Waals surface area contributed by atoms with Crippen molar-refractivity contribution in [3.05, 3.63) is 34.4 Å². The van der Waals surface area contributed by atoms with Gasteiger partial charge in [-0.15, -0.1) is 12.4 Å². The topological polar surface area (TPSA) is 26.0 Å². The van der Waals surface area contributed by atoms with Crippen molar-refractivity contribution in [2.24, 2.45) is 5.73 Å². The Hall–Kier alpha value is -0.590. The molecule has 0 amide bonds. The fraction of sp³-hybridized carbons (Fsp3) is 0.333. The van der Waals surface area contributed by atoms with Crippen LogP contribution in [0.3, 0.4) is 0 Å². The molecule has 0 radical (unpaired) electrons. The molecular formula is C9H8Cl2F5N. The van der Waals surface area contributed by atoms with Crippen molar-refractivity contribution in [3.63, 3.8) is 0 Å². The van der Waals surface area contributed by atoms with E-state index in [-0.39, 0.29) is 12.4 Å². The van der Waals surface area contributed by atoms with Crippen molar-refractivity contribution in [2.45, 2.75) is 18.6 Å². The van der Waals surface area contributed by atoms with Gasteiger partial charge in [-0.2, -0.15) is 13.2 Å². The summed E-state index contributed by atoms with van der Waals surface area (Å²) in [6.07, 6.45) is -6.11. The second-order valence-corrected chi connectivity index (χ2v) is 3.59. The maximum Gasteiger partial charge on any atom is 0.390 e. The highest BCUT2D eigenvalue weighted by Gasteiger charge is 2.33. The van der Waals surface area contributed by atoms with Crippen molar-refractivity contribution in [3.8, 4) is 0 Å². The van der Waals surface area contributed by atoms with Crippen molar-refractivity contribution < 1.29 is 22.0 Å². The average Bonchev–Trinajstić information content (AvgIpc) is 2.09. The first-order valence-corrected chi connectivity index (χ1v) is 4.56. The van der Waals surface area contributed by atoms with Gasteiger partial charge in [0.05, 0.1) is 11.4 Å². The molecule has 98 valence electrons. The van der Waals surface area contributed by atoms with E-state index < -0.39 is 40.9 Å². The smallest absolute Gasteiger partial charge is 0.323 e. The predicted molar refractivity (Wildman–Crippen MR) is 56.2 cm³/mol. The zero-order chi connectivity index (χ0) is 12.5. The molecule has 0 bridgehead atoms. The summed E-state index contributed by atoms with van der Waals surface area (Å²) < 4.78 is 62.4. The lowest BCUT2D eigenvalue weighted by atomic mass is 10.0. The number of nitrogens with two attached hydrogens (primary N) is 1. The summed E-state index contributed by atoms with van der Waals surface area (Å²) in [6.45, 7) is 0. The van der Waals surface area contributed by atoms with Gasteiger partial charge in [-0.25, -0.2) is 8.78 Å². The number of hydrogen-bond acceptors (Lipinski definition) is 1. The van der Waals surface area contributed by atoms with Gasteiger partial charge >= 0.3 is 6.18 Å². The third-order valence-electron chi connectivity index (χ3n) is 1.90. The Kier molecular flexibility index (Phi) is 5.64. The summed E-state index contributed by atoms with van der Waals surface area (Å²) in [7, 11) is 0. The van der Waals surface area contributed by atoms with Gasteiger partial charge in [0.1, 0.15) is 11.6 Å². The Balaban J connectivity index is 0.00000256. The largest absolute Gasteiger partial charge is 0.390 e. The summed E-state index contributed by atoms with van der Waals surface area (Å²) in [5, 5.41) is -0.464. The van der Waals surface area contributed by atoms with E-state index in [0.29, 0.717) is 0 Å². The fourth-order valence-electron chi connectivity index (χ4n) is 1.23. The van der Waals surface area contributed by atoms with Crippen LogP contribution in [0.2, 0.25) is 5.02 Å². The lowest BCUT2D eigenvalue weighted by molar-refractivity contribution is -0.138. The summed E-state index contributed by atoms with van der Waals surface area (Å²) in [6, 6.07) is -0.119. The molecule has 0 aliphatic carbocycles. The van der Waals surface area contributed by atoms with Crippen molar-refractivity contribution in [1.82, 2.24) is 0 Å². The van der Waals surface area contributed by atoms with Gasteiger partial charge < -0.3 is 5.73 Å². The van der Waals surface area contributed by atoms with Gasteiger partial charge in [-0.1, -0.05) is 11.6 Å². The average molecular weight is 296 g/mol. The SMILES string of the molecule is Cl.N[C@H](CC(F)(F)F)c1c(F)ccc(Cl)c1F. The number of alkyl halides is 3. The van der Waals surface area contributed by atoms with E-state index in [9.17, 15) is 22.0 Å². The Morgan fingerprint density at radius 3 is 2.24 bits per heavy atom. The van der Waals surface area contributed by atoms with E-state index >= 15 is 0 Å². The maximum absolute atomic E-state index is 13.3. The third kappa shape index (κ3) is 4.29. The van der Waals surface area contributed by atoms with Crippen LogP contribution in [0.25, 0.3) is 0 Å². The minimum Gasteiger partial charge on any atom is -0.323 e. The zero-order valence-electron chi connectivity index (χ0n) is 8.19. The van der Waals surface area contributed by atoms with Crippen LogP contribution in [0.1, 0.15) is 18.0 Å². The van der Waals surface area contributed by atoms with Crippen LogP contribution >= 0.6 is 24.0 Å². The quantitative estimate of drug-likeness (QED) is 0.648. The van der Waals surface area contributed by atoms with Crippen LogP contribution in [-0.4, -0.2) is 6.18 Å². The Morgan fingerprint density at radius 1 is 1.24 bits per heavy atom. The first-order chi connectivity index (χ1) is 7.22. The molecule has 0 fully saturated rings. The molecule has 0 unspecified atom stereocenters. The molecule has 0 spiro atoms. The second kappa shape index (κ2) is 5.84. The number of benzene rings is 1. The van der Waals surface area contributed by atoms with Gasteiger partial charge in [0.15, 0.2) is 0 Å². The molecule has 0 heterocycles.